The molecule has 1 aromatic heterocycles. The molecule has 0 fully saturated rings. The number of anilines is 1. The van der Waals surface area contributed by atoms with Gasteiger partial charge in [-0.3, -0.25) is 10.1 Å². The van der Waals surface area contributed by atoms with E-state index in [1.807, 2.05) is 0 Å². The van der Waals surface area contributed by atoms with E-state index in [-0.39, 0.29) is 5.91 Å². The van der Waals surface area contributed by atoms with Gasteiger partial charge >= 0.3 is 0 Å². The molecule has 0 radical (unpaired) electrons. The second kappa shape index (κ2) is 5.63. The highest BCUT2D eigenvalue weighted by Gasteiger charge is 2.11. The zero-order valence-electron chi connectivity index (χ0n) is 7.46. The molecule has 4 nitrogen and oxygen atoms in total. The van der Waals surface area contributed by atoms with Crippen LogP contribution in [-0.4, -0.2) is 26.8 Å². The fourth-order valence-electron chi connectivity index (χ4n) is 0.691. The van der Waals surface area contributed by atoms with Crippen LogP contribution in [0, 0.1) is 0 Å². The summed E-state index contributed by atoms with van der Waals surface area (Å²) < 4.78 is 0. The Morgan fingerprint density at radius 1 is 1.71 bits per heavy atom. The van der Waals surface area contributed by atoms with Gasteiger partial charge in [-0.15, -0.1) is 21.8 Å². The summed E-state index contributed by atoms with van der Waals surface area (Å²) in [4.78, 5) is 11.2. The number of aryl methyl sites for hydroxylation is 1. The minimum Gasteiger partial charge on any atom is -0.299 e. The Hall–Kier alpha value is -0.200. The Morgan fingerprint density at radius 2 is 2.43 bits per heavy atom. The van der Waals surface area contributed by atoms with Gasteiger partial charge in [0.25, 0.3) is 0 Å². The summed E-state index contributed by atoms with van der Waals surface area (Å²) in [5, 5.41) is 12.0. The average Bonchev–Trinajstić information content (AvgIpc) is 2.53. The van der Waals surface area contributed by atoms with E-state index in [4.69, 9.17) is 11.6 Å². The van der Waals surface area contributed by atoms with Crippen molar-refractivity contribution in [2.45, 2.75) is 18.7 Å². The first-order valence-electron chi connectivity index (χ1n) is 3.96. The van der Waals surface area contributed by atoms with Crippen molar-refractivity contribution in [2.24, 2.45) is 0 Å². The van der Waals surface area contributed by atoms with Crippen LogP contribution in [0.4, 0.5) is 5.13 Å². The van der Waals surface area contributed by atoms with Gasteiger partial charge in [0.1, 0.15) is 10.4 Å². The number of carbonyl (C=O) groups is 1. The third-order valence-corrected chi connectivity index (χ3v) is 2.86. The second-order valence-corrected chi connectivity index (χ2v) is 5.05. The van der Waals surface area contributed by atoms with Crippen molar-refractivity contribution in [3.63, 3.8) is 0 Å². The maximum atomic E-state index is 11.2. The third kappa shape index (κ3) is 3.51. The molecule has 0 saturated heterocycles. The second-order valence-electron chi connectivity index (χ2n) is 2.55. The summed E-state index contributed by atoms with van der Waals surface area (Å²) in [7, 11) is 0. The fourth-order valence-corrected chi connectivity index (χ4v) is 2.13. The number of nitrogens with one attached hydrogen (secondary N) is 1. The Morgan fingerprint density at radius 3 is 3.00 bits per heavy atom. The lowest BCUT2D eigenvalue weighted by molar-refractivity contribution is -0.115. The van der Waals surface area contributed by atoms with Crippen LogP contribution < -0.4 is 5.32 Å². The molecule has 0 bridgehead atoms. The van der Waals surface area contributed by atoms with Crippen LogP contribution in [0.1, 0.15) is 11.9 Å². The number of hydrogen-bond acceptors (Lipinski definition) is 4. The maximum Gasteiger partial charge on any atom is 0.243 e. The monoisotopic (exact) mass is 297 g/mol. The maximum absolute atomic E-state index is 11.2. The van der Waals surface area contributed by atoms with Gasteiger partial charge in [-0.2, -0.15) is 0 Å². The lowest BCUT2D eigenvalue weighted by atomic mass is 10.4. The predicted molar refractivity (Wildman–Crippen MR) is 61.4 cm³/mol. The van der Waals surface area contributed by atoms with Crippen LogP contribution in [0.3, 0.4) is 0 Å². The molecule has 1 amide bonds. The van der Waals surface area contributed by atoms with Crippen LogP contribution in [0.25, 0.3) is 0 Å². The molecule has 1 aromatic rings. The van der Waals surface area contributed by atoms with E-state index in [9.17, 15) is 4.79 Å². The van der Waals surface area contributed by atoms with Crippen molar-refractivity contribution in [3.8, 4) is 0 Å². The number of rotatable bonds is 4. The van der Waals surface area contributed by atoms with E-state index in [0.29, 0.717) is 5.13 Å². The Balaban J connectivity index is 2.55. The van der Waals surface area contributed by atoms with Crippen molar-refractivity contribution in [1.82, 2.24) is 10.2 Å². The SMILES string of the molecule is CC(Cl)C(=O)Nc1nnc(CCBr)s1. The third-order valence-electron chi connectivity index (χ3n) is 1.37. The smallest absolute Gasteiger partial charge is 0.243 e. The highest BCUT2D eigenvalue weighted by Crippen LogP contribution is 2.16. The van der Waals surface area contributed by atoms with Crippen LogP contribution in [-0.2, 0) is 11.2 Å². The lowest BCUT2D eigenvalue weighted by Gasteiger charge is -2.00. The van der Waals surface area contributed by atoms with E-state index < -0.39 is 5.38 Å². The molecule has 1 N–H and O–H groups in total. The predicted octanol–water partition coefficient (Wildman–Crippen LogP) is 2.04. The summed E-state index contributed by atoms with van der Waals surface area (Å²) in [5.41, 5.74) is 0. The highest BCUT2D eigenvalue weighted by molar-refractivity contribution is 9.09. The molecule has 14 heavy (non-hydrogen) atoms. The molecule has 1 unspecified atom stereocenters. The molecule has 0 saturated carbocycles. The number of nitrogens with zero attached hydrogens (tertiary/aromatic N) is 2. The fraction of sp³-hybridized carbons (Fsp3) is 0.571. The number of halogens is 2. The zero-order chi connectivity index (χ0) is 10.6. The van der Waals surface area contributed by atoms with Gasteiger partial charge in [0.2, 0.25) is 11.0 Å². The quantitative estimate of drug-likeness (QED) is 0.866. The number of hydrogen-bond donors (Lipinski definition) is 1. The summed E-state index contributed by atoms with van der Waals surface area (Å²) in [5.74, 6) is -0.256. The molecule has 1 heterocycles. The van der Waals surface area contributed by atoms with Crippen molar-refractivity contribution in [3.05, 3.63) is 5.01 Å². The molecule has 0 aliphatic carbocycles. The molecule has 1 rings (SSSR count). The van der Waals surface area contributed by atoms with E-state index >= 15 is 0 Å². The first kappa shape index (κ1) is 11.9. The topological polar surface area (TPSA) is 54.9 Å². The van der Waals surface area contributed by atoms with Gasteiger partial charge in [0.05, 0.1) is 0 Å². The summed E-state index contributed by atoms with van der Waals surface area (Å²) in [6, 6.07) is 0. The van der Waals surface area contributed by atoms with Crippen LogP contribution in [0.2, 0.25) is 0 Å². The standard InChI is InChI=1S/C7H9BrClN3OS/c1-4(9)6(13)10-7-12-11-5(14-7)2-3-8/h4H,2-3H2,1H3,(H,10,12,13). The summed E-state index contributed by atoms with van der Waals surface area (Å²) >= 11 is 10.2. The van der Waals surface area contributed by atoms with Crippen molar-refractivity contribution >= 4 is 49.9 Å². The minimum atomic E-state index is -0.557. The van der Waals surface area contributed by atoms with Gasteiger partial charge in [0, 0.05) is 11.8 Å². The number of aromatic nitrogens is 2. The largest absolute Gasteiger partial charge is 0.299 e. The van der Waals surface area contributed by atoms with Gasteiger partial charge in [-0.25, -0.2) is 0 Å². The molecule has 7 heteroatoms. The molecular weight excluding hydrogens is 290 g/mol. The Labute approximate surface area is 99.2 Å². The summed E-state index contributed by atoms with van der Waals surface area (Å²) in [6.07, 6.45) is 0.809. The van der Waals surface area contributed by atoms with Crippen LogP contribution in [0.15, 0.2) is 0 Å². The first-order chi connectivity index (χ1) is 6.63. The molecule has 78 valence electrons. The molecular formula is C7H9BrClN3OS. The highest BCUT2D eigenvalue weighted by atomic mass is 79.9. The van der Waals surface area contributed by atoms with Crippen molar-refractivity contribution < 1.29 is 4.79 Å². The van der Waals surface area contributed by atoms with E-state index in [1.165, 1.54) is 11.3 Å². The normalized spacial score (nSPS) is 12.5. The summed E-state index contributed by atoms with van der Waals surface area (Å²) in [6.45, 7) is 1.61. The molecule has 0 spiro atoms. The van der Waals surface area contributed by atoms with E-state index in [2.05, 4.69) is 31.4 Å². The minimum absolute atomic E-state index is 0.256. The van der Waals surface area contributed by atoms with Crippen molar-refractivity contribution in [1.29, 1.82) is 0 Å². The van der Waals surface area contributed by atoms with E-state index in [0.717, 1.165) is 16.8 Å². The number of carbonyl (C=O) groups excluding carboxylic acids is 1. The lowest BCUT2D eigenvalue weighted by Crippen LogP contribution is -2.20. The van der Waals surface area contributed by atoms with Crippen LogP contribution >= 0.6 is 38.9 Å². The van der Waals surface area contributed by atoms with Crippen LogP contribution in [0.5, 0.6) is 0 Å². The molecule has 0 aliphatic rings. The molecule has 0 aliphatic heterocycles. The first-order valence-corrected chi connectivity index (χ1v) is 6.34. The Kier molecular flexibility index (Phi) is 4.77. The van der Waals surface area contributed by atoms with Crippen molar-refractivity contribution in [2.75, 3.05) is 10.6 Å². The average molecular weight is 299 g/mol. The van der Waals surface area contributed by atoms with Gasteiger partial charge in [-0.1, -0.05) is 27.3 Å². The zero-order valence-corrected chi connectivity index (χ0v) is 10.6. The molecule has 0 aromatic carbocycles. The number of amides is 1. The molecule has 1 atom stereocenters. The van der Waals surface area contributed by atoms with Gasteiger partial charge in [0.15, 0.2) is 0 Å². The van der Waals surface area contributed by atoms with Gasteiger partial charge < -0.3 is 0 Å². The number of alkyl halides is 2. The van der Waals surface area contributed by atoms with E-state index in [1.54, 1.807) is 6.92 Å². The van der Waals surface area contributed by atoms with Gasteiger partial charge in [-0.05, 0) is 6.92 Å². The Bertz CT molecular complexity index is 318.